The molecule has 2 nitrogen and oxygen atoms in total. The van der Waals surface area contributed by atoms with Crippen molar-refractivity contribution in [1.29, 1.82) is 0 Å². The smallest absolute Gasteiger partial charge is 0.416 e. The van der Waals surface area contributed by atoms with Crippen LogP contribution in [0.4, 0.5) is 32.0 Å². The quantitative estimate of drug-likeness (QED) is 0.259. The van der Waals surface area contributed by atoms with Gasteiger partial charge in [0.2, 0.25) is 0 Å². The van der Waals surface area contributed by atoms with Gasteiger partial charge >= 0.3 is 12.4 Å². The molecule has 3 aromatic rings. The molecule has 3 aromatic carbocycles. The highest BCUT2D eigenvalue weighted by Gasteiger charge is 2.36. The molecule has 0 saturated heterocycles. The van der Waals surface area contributed by atoms with Crippen molar-refractivity contribution in [1.82, 2.24) is 0 Å². The van der Waals surface area contributed by atoms with E-state index in [4.69, 9.17) is 27.9 Å². The molecule has 0 N–H and O–H groups in total. The van der Waals surface area contributed by atoms with Gasteiger partial charge in [0.25, 0.3) is 0 Å². The van der Waals surface area contributed by atoms with Crippen LogP contribution in [0.5, 0.6) is 5.75 Å². The summed E-state index contributed by atoms with van der Waals surface area (Å²) in [6.45, 7) is 0.174. The molecule has 0 atom stereocenters. The Bertz CT molecular complexity index is 1090. The topological polar surface area (TPSA) is 21.6 Å². The maximum absolute atomic E-state index is 12.9. The molecule has 0 aliphatic carbocycles. The van der Waals surface area contributed by atoms with Crippen LogP contribution in [0.25, 0.3) is 0 Å². The molecule has 0 heterocycles. The first-order valence-electron chi connectivity index (χ1n) is 8.92. The number of benzene rings is 3. The fraction of sp³-hybridized carbons (Fsp3) is 0.136. The second-order valence-corrected chi connectivity index (χ2v) is 7.46. The molecule has 0 saturated carbocycles. The fourth-order valence-electron chi connectivity index (χ4n) is 2.61. The second-order valence-electron chi connectivity index (χ2n) is 6.62. The number of rotatable bonds is 5. The van der Waals surface area contributed by atoms with Crippen molar-refractivity contribution in [2.45, 2.75) is 19.0 Å². The maximum atomic E-state index is 12.9. The number of alkyl halides is 6. The lowest BCUT2D eigenvalue weighted by Gasteiger charge is -2.12. The highest BCUT2D eigenvalue weighted by atomic mass is 35.5. The lowest BCUT2D eigenvalue weighted by atomic mass is 10.1. The third-order valence-corrected chi connectivity index (χ3v) is 4.81. The van der Waals surface area contributed by atoms with Crippen molar-refractivity contribution in [2.24, 2.45) is 4.99 Å². The number of hydrogen-bond acceptors (Lipinski definition) is 2. The Morgan fingerprint density at radius 2 is 1.38 bits per heavy atom. The molecule has 3 rings (SSSR count). The Balaban J connectivity index is 1.74. The molecule has 0 aromatic heterocycles. The van der Waals surface area contributed by atoms with Crippen molar-refractivity contribution >= 4 is 35.1 Å². The van der Waals surface area contributed by atoms with E-state index in [0.29, 0.717) is 39.1 Å². The molecule has 0 aliphatic heterocycles. The third kappa shape index (κ3) is 6.40. The fourth-order valence-corrected chi connectivity index (χ4v) is 3.08. The van der Waals surface area contributed by atoms with Crippen LogP contribution in [0.1, 0.15) is 22.3 Å². The highest BCUT2D eigenvalue weighted by Crippen LogP contribution is 2.38. The minimum Gasteiger partial charge on any atom is -0.489 e. The van der Waals surface area contributed by atoms with Crippen LogP contribution in [0.15, 0.2) is 65.7 Å². The van der Waals surface area contributed by atoms with Crippen LogP contribution in [-0.4, -0.2) is 6.21 Å². The molecule has 0 amide bonds. The summed E-state index contributed by atoms with van der Waals surface area (Å²) in [5.41, 5.74) is -2.16. The summed E-state index contributed by atoms with van der Waals surface area (Å²) >= 11 is 11.9. The minimum atomic E-state index is -4.93. The van der Waals surface area contributed by atoms with Gasteiger partial charge in [-0.1, -0.05) is 29.3 Å². The van der Waals surface area contributed by atoms with Gasteiger partial charge in [-0.15, -0.1) is 0 Å². The number of halogens is 8. The minimum absolute atomic E-state index is 0.0537. The SMILES string of the molecule is FC(F)(F)c1cc(N=Cc2ccc(OCc3ccc(Cl)cc3Cl)cc2)cc(C(F)(F)F)c1. The zero-order valence-corrected chi connectivity index (χ0v) is 17.4. The number of aliphatic imine (C=N–C) groups is 1. The Morgan fingerprint density at radius 1 is 0.781 bits per heavy atom. The summed E-state index contributed by atoms with van der Waals surface area (Å²) in [7, 11) is 0. The summed E-state index contributed by atoms with van der Waals surface area (Å²) < 4.78 is 83.2. The Kier molecular flexibility index (Phi) is 7.05. The van der Waals surface area contributed by atoms with Gasteiger partial charge in [0, 0.05) is 21.8 Å². The molecule has 0 fully saturated rings. The summed E-state index contributed by atoms with van der Waals surface area (Å²) in [5.74, 6) is 0.478. The summed E-state index contributed by atoms with van der Waals surface area (Å²) in [4.78, 5) is 3.77. The molecule has 0 bridgehead atoms. The van der Waals surface area contributed by atoms with Crippen molar-refractivity contribution in [3.8, 4) is 5.75 Å². The lowest BCUT2D eigenvalue weighted by Crippen LogP contribution is -2.10. The van der Waals surface area contributed by atoms with E-state index in [-0.39, 0.29) is 12.7 Å². The largest absolute Gasteiger partial charge is 0.489 e. The summed E-state index contributed by atoms with van der Waals surface area (Å²) in [6, 6.07) is 12.4. The van der Waals surface area contributed by atoms with Crippen molar-refractivity contribution < 1.29 is 31.1 Å². The molecular formula is C22H13Cl2F6NO. The molecule has 0 unspecified atom stereocenters. The number of ether oxygens (including phenoxy) is 1. The van der Waals surface area contributed by atoms with E-state index in [2.05, 4.69) is 4.99 Å². The average Bonchev–Trinajstić information content (AvgIpc) is 2.71. The second kappa shape index (κ2) is 9.42. The van der Waals surface area contributed by atoms with E-state index < -0.39 is 29.2 Å². The molecule has 0 aliphatic rings. The van der Waals surface area contributed by atoms with E-state index >= 15 is 0 Å². The van der Waals surface area contributed by atoms with E-state index in [0.717, 1.165) is 6.21 Å². The first kappa shape index (κ1) is 23.9. The molecule has 32 heavy (non-hydrogen) atoms. The van der Waals surface area contributed by atoms with Crippen LogP contribution < -0.4 is 4.74 Å². The lowest BCUT2D eigenvalue weighted by molar-refractivity contribution is -0.143. The predicted molar refractivity (Wildman–Crippen MR) is 111 cm³/mol. The normalized spacial score (nSPS) is 12.4. The molecule has 168 valence electrons. The van der Waals surface area contributed by atoms with Gasteiger partial charge in [0.15, 0.2) is 0 Å². The van der Waals surface area contributed by atoms with E-state index in [9.17, 15) is 26.3 Å². The number of hydrogen-bond donors (Lipinski definition) is 0. The Hall–Kier alpha value is -2.71. The maximum Gasteiger partial charge on any atom is 0.416 e. The van der Waals surface area contributed by atoms with Gasteiger partial charge in [-0.25, -0.2) is 0 Å². The van der Waals surface area contributed by atoms with Crippen LogP contribution in [0, 0.1) is 0 Å². The van der Waals surface area contributed by atoms with Gasteiger partial charge < -0.3 is 4.74 Å². The van der Waals surface area contributed by atoms with Gasteiger partial charge in [-0.2, -0.15) is 26.3 Å². The summed E-state index contributed by atoms with van der Waals surface area (Å²) in [5, 5.41) is 0.936. The predicted octanol–water partition coefficient (Wildman–Crippen LogP) is 8.36. The van der Waals surface area contributed by atoms with Crippen LogP contribution in [-0.2, 0) is 19.0 Å². The zero-order chi connectivity index (χ0) is 23.5. The average molecular weight is 492 g/mol. The third-order valence-electron chi connectivity index (χ3n) is 4.22. The Labute approximate surface area is 189 Å². The molecular weight excluding hydrogens is 479 g/mol. The number of nitrogens with zero attached hydrogens (tertiary/aromatic N) is 1. The molecule has 0 spiro atoms. The Morgan fingerprint density at radius 3 is 1.91 bits per heavy atom. The van der Waals surface area contributed by atoms with Gasteiger partial charge in [-0.3, -0.25) is 4.99 Å². The first-order chi connectivity index (χ1) is 14.9. The first-order valence-corrected chi connectivity index (χ1v) is 9.68. The van der Waals surface area contributed by atoms with Crippen molar-refractivity contribution in [3.63, 3.8) is 0 Å². The monoisotopic (exact) mass is 491 g/mol. The van der Waals surface area contributed by atoms with Gasteiger partial charge in [-0.05, 0) is 60.2 Å². The van der Waals surface area contributed by atoms with Gasteiger partial charge in [0.1, 0.15) is 12.4 Å². The van der Waals surface area contributed by atoms with E-state index in [1.54, 1.807) is 42.5 Å². The van der Waals surface area contributed by atoms with Gasteiger partial charge in [0.05, 0.1) is 16.8 Å². The zero-order valence-electron chi connectivity index (χ0n) is 15.9. The van der Waals surface area contributed by atoms with E-state index in [1.807, 2.05) is 0 Å². The molecule has 10 heteroatoms. The van der Waals surface area contributed by atoms with Crippen LogP contribution in [0.3, 0.4) is 0 Å². The van der Waals surface area contributed by atoms with Crippen LogP contribution >= 0.6 is 23.2 Å². The van der Waals surface area contributed by atoms with Crippen molar-refractivity contribution in [3.05, 3.63) is 93.0 Å². The molecule has 0 radical (unpaired) electrons. The standard InChI is InChI=1S/C22H13Cl2F6NO/c23-17-4-3-14(20(24)10-17)12-32-19-5-1-13(2-6-19)11-31-18-8-15(21(25,26)27)7-16(9-18)22(28,29)30/h1-11H,12H2. The van der Waals surface area contributed by atoms with E-state index in [1.165, 1.54) is 0 Å². The van der Waals surface area contributed by atoms with Crippen molar-refractivity contribution in [2.75, 3.05) is 0 Å². The highest BCUT2D eigenvalue weighted by molar-refractivity contribution is 6.35. The summed E-state index contributed by atoms with van der Waals surface area (Å²) in [6.07, 6.45) is -8.70. The van der Waals surface area contributed by atoms with Crippen LogP contribution in [0.2, 0.25) is 10.0 Å².